The molecule has 2 unspecified atom stereocenters. The number of amides is 1. The average Bonchev–Trinajstić information content (AvgIpc) is 2.45. The predicted molar refractivity (Wildman–Crippen MR) is 68.5 cm³/mol. The molecule has 0 radical (unpaired) electrons. The summed E-state index contributed by atoms with van der Waals surface area (Å²) in [5.74, 6) is 0.207. The van der Waals surface area contributed by atoms with E-state index in [1.54, 1.807) is 0 Å². The molecule has 92 valence electrons. The van der Waals surface area contributed by atoms with Crippen molar-refractivity contribution in [3.63, 3.8) is 0 Å². The first-order valence-electron chi connectivity index (χ1n) is 6.26. The fourth-order valence-corrected chi connectivity index (χ4v) is 2.23. The molecule has 0 aliphatic carbocycles. The number of nitrogens with zero attached hydrogens (tertiary/aromatic N) is 1. The molecule has 0 spiro atoms. The fourth-order valence-electron chi connectivity index (χ4n) is 2.23. The van der Waals surface area contributed by atoms with Gasteiger partial charge in [0.15, 0.2) is 0 Å². The molecule has 0 saturated carbocycles. The van der Waals surface area contributed by atoms with Gasteiger partial charge in [-0.15, -0.1) is 0 Å². The zero-order valence-corrected chi connectivity index (χ0v) is 10.5. The van der Waals surface area contributed by atoms with E-state index in [4.69, 9.17) is 0 Å². The summed E-state index contributed by atoms with van der Waals surface area (Å²) >= 11 is 0. The second kappa shape index (κ2) is 5.32. The van der Waals surface area contributed by atoms with Crippen molar-refractivity contribution in [2.75, 3.05) is 6.54 Å². The number of nitrogens with one attached hydrogen (secondary N) is 1. The molecule has 2 atom stereocenters. The van der Waals surface area contributed by atoms with Crippen molar-refractivity contribution in [2.45, 2.75) is 38.9 Å². The topological polar surface area (TPSA) is 32.3 Å². The monoisotopic (exact) mass is 232 g/mol. The molecule has 0 aromatic heterocycles. The Morgan fingerprint density at radius 1 is 1.29 bits per heavy atom. The van der Waals surface area contributed by atoms with Gasteiger partial charge in [0.05, 0.1) is 6.04 Å². The second-order valence-electron chi connectivity index (χ2n) is 4.77. The smallest absolute Gasteiger partial charge is 0.239 e. The maximum Gasteiger partial charge on any atom is 0.239 e. The molecule has 1 amide bonds. The minimum atomic E-state index is -0.0661. The van der Waals surface area contributed by atoms with Crippen molar-refractivity contribution in [2.24, 2.45) is 0 Å². The Morgan fingerprint density at radius 2 is 2.00 bits per heavy atom. The summed E-state index contributed by atoms with van der Waals surface area (Å²) in [5.41, 5.74) is 1.20. The zero-order chi connectivity index (χ0) is 12.3. The Labute approximate surface area is 103 Å². The minimum absolute atomic E-state index is 0.0661. The molecule has 1 heterocycles. The van der Waals surface area contributed by atoms with E-state index in [-0.39, 0.29) is 11.9 Å². The van der Waals surface area contributed by atoms with Gasteiger partial charge in [0.2, 0.25) is 5.91 Å². The van der Waals surface area contributed by atoms with Gasteiger partial charge in [-0.25, -0.2) is 0 Å². The Morgan fingerprint density at radius 3 is 2.71 bits per heavy atom. The number of benzene rings is 1. The van der Waals surface area contributed by atoms with Gasteiger partial charge < -0.3 is 10.2 Å². The highest BCUT2D eigenvalue weighted by molar-refractivity contribution is 5.82. The van der Waals surface area contributed by atoms with Gasteiger partial charge in [-0.2, -0.15) is 0 Å². The lowest BCUT2D eigenvalue weighted by atomic mass is 10.1. The lowest BCUT2D eigenvalue weighted by molar-refractivity contribution is -0.134. The molecule has 0 bridgehead atoms. The summed E-state index contributed by atoms with van der Waals surface area (Å²) in [7, 11) is 0. The van der Waals surface area contributed by atoms with E-state index < -0.39 is 0 Å². The van der Waals surface area contributed by atoms with Gasteiger partial charge in [-0.1, -0.05) is 30.3 Å². The minimum Gasteiger partial charge on any atom is -0.334 e. The van der Waals surface area contributed by atoms with Crippen LogP contribution in [-0.2, 0) is 11.3 Å². The molecule has 1 aliphatic heterocycles. The molecule has 1 N–H and O–H groups in total. The van der Waals surface area contributed by atoms with E-state index in [1.165, 1.54) is 5.56 Å². The number of hydrogen-bond donors (Lipinski definition) is 1. The second-order valence-corrected chi connectivity index (χ2v) is 4.77. The van der Waals surface area contributed by atoms with Crippen LogP contribution < -0.4 is 5.32 Å². The predicted octanol–water partition coefficient (Wildman–Crippen LogP) is 1.79. The molecule has 1 aromatic rings. The first-order chi connectivity index (χ1) is 8.18. The molecular weight excluding hydrogens is 212 g/mol. The third-order valence-corrected chi connectivity index (χ3v) is 3.39. The van der Waals surface area contributed by atoms with Gasteiger partial charge in [0.1, 0.15) is 0 Å². The van der Waals surface area contributed by atoms with Crippen molar-refractivity contribution in [3.05, 3.63) is 35.9 Å². The van der Waals surface area contributed by atoms with Crippen LogP contribution in [0.4, 0.5) is 0 Å². The highest BCUT2D eigenvalue weighted by Crippen LogP contribution is 2.14. The molecule has 1 aromatic carbocycles. The maximum absolute atomic E-state index is 12.2. The summed E-state index contributed by atoms with van der Waals surface area (Å²) in [6.07, 6.45) is 1.02. The van der Waals surface area contributed by atoms with Crippen LogP contribution in [-0.4, -0.2) is 29.4 Å². The maximum atomic E-state index is 12.2. The van der Waals surface area contributed by atoms with Crippen LogP contribution in [0.25, 0.3) is 0 Å². The van der Waals surface area contributed by atoms with E-state index in [1.807, 2.05) is 30.0 Å². The van der Waals surface area contributed by atoms with Crippen molar-refractivity contribution in [1.82, 2.24) is 10.2 Å². The summed E-state index contributed by atoms with van der Waals surface area (Å²) < 4.78 is 0. The third kappa shape index (κ3) is 2.86. The molecule has 1 aliphatic rings. The quantitative estimate of drug-likeness (QED) is 0.843. The molecule has 1 saturated heterocycles. The van der Waals surface area contributed by atoms with Gasteiger partial charge >= 0.3 is 0 Å². The SMILES string of the molecule is CC1NCCC(C)N(Cc2ccccc2)C1=O. The number of carbonyl (C=O) groups excluding carboxylic acids is 1. The standard InChI is InChI=1S/C14H20N2O/c1-11-8-9-15-12(2)14(17)16(11)10-13-6-4-3-5-7-13/h3-7,11-12,15H,8-10H2,1-2H3. The first kappa shape index (κ1) is 12.1. The van der Waals surface area contributed by atoms with E-state index >= 15 is 0 Å². The van der Waals surface area contributed by atoms with Gasteiger partial charge in [0, 0.05) is 12.6 Å². The van der Waals surface area contributed by atoms with Crippen LogP contribution in [0.1, 0.15) is 25.8 Å². The molecule has 3 heteroatoms. The van der Waals surface area contributed by atoms with Crippen LogP contribution in [0.2, 0.25) is 0 Å². The number of hydrogen-bond acceptors (Lipinski definition) is 2. The van der Waals surface area contributed by atoms with Gasteiger partial charge in [-0.3, -0.25) is 4.79 Å². The molecular formula is C14H20N2O. The molecule has 2 rings (SSSR count). The Hall–Kier alpha value is -1.35. The van der Waals surface area contributed by atoms with Crippen molar-refractivity contribution < 1.29 is 4.79 Å². The van der Waals surface area contributed by atoms with E-state index in [9.17, 15) is 4.79 Å². The Bertz CT molecular complexity index is 377. The zero-order valence-electron chi connectivity index (χ0n) is 10.5. The van der Waals surface area contributed by atoms with Crippen molar-refractivity contribution in [1.29, 1.82) is 0 Å². The highest BCUT2D eigenvalue weighted by atomic mass is 16.2. The average molecular weight is 232 g/mol. The van der Waals surface area contributed by atoms with E-state index in [2.05, 4.69) is 24.4 Å². The lowest BCUT2D eigenvalue weighted by Crippen LogP contribution is -2.43. The molecule has 17 heavy (non-hydrogen) atoms. The van der Waals surface area contributed by atoms with Crippen LogP contribution in [0.3, 0.4) is 0 Å². The summed E-state index contributed by atoms with van der Waals surface area (Å²) in [5, 5.41) is 3.25. The number of carbonyl (C=O) groups is 1. The van der Waals surface area contributed by atoms with Crippen molar-refractivity contribution in [3.8, 4) is 0 Å². The Kier molecular flexibility index (Phi) is 3.79. The molecule has 1 fully saturated rings. The number of rotatable bonds is 2. The van der Waals surface area contributed by atoms with Gasteiger partial charge in [0.25, 0.3) is 0 Å². The van der Waals surface area contributed by atoms with Crippen LogP contribution in [0.5, 0.6) is 0 Å². The van der Waals surface area contributed by atoms with Crippen LogP contribution >= 0.6 is 0 Å². The normalized spacial score (nSPS) is 25.8. The van der Waals surface area contributed by atoms with Crippen molar-refractivity contribution >= 4 is 5.91 Å². The van der Waals surface area contributed by atoms with E-state index in [0.717, 1.165) is 13.0 Å². The largest absolute Gasteiger partial charge is 0.334 e. The first-order valence-corrected chi connectivity index (χ1v) is 6.26. The third-order valence-electron chi connectivity index (χ3n) is 3.39. The molecule has 3 nitrogen and oxygen atoms in total. The highest BCUT2D eigenvalue weighted by Gasteiger charge is 2.27. The summed E-state index contributed by atoms with van der Waals surface area (Å²) in [6.45, 7) is 5.70. The van der Waals surface area contributed by atoms with Crippen LogP contribution in [0, 0.1) is 0 Å². The Balaban J connectivity index is 2.13. The summed E-state index contributed by atoms with van der Waals surface area (Å²) in [6, 6.07) is 10.4. The van der Waals surface area contributed by atoms with Crippen LogP contribution in [0.15, 0.2) is 30.3 Å². The summed E-state index contributed by atoms with van der Waals surface area (Å²) in [4.78, 5) is 14.2. The van der Waals surface area contributed by atoms with E-state index in [0.29, 0.717) is 12.6 Å². The fraction of sp³-hybridized carbons (Fsp3) is 0.500. The van der Waals surface area contributed by atoms with Gasteiger partial charge in [-0.05, 0) is 32.4 Å². The lowest BCUT2D eigenvalue weighted by Gasteiger charge is -2.28.